The summed E-state index contributed by atoms with van der Waals surface area (Å²) in [5.74, 6) is 0.444. The normalized spacial score (nSPS) is 18.6. The molecule has 0 saturated carbocycles. The first-order valence-corrected chi connectivity index (χ1v) is 6.00. The predicted molar refractivity (Wildman–Crippen MR) is 74.6 cm³/mol. The van der Waals surface area contributed by atoms with Gasteiger partial charge in [-0.2, -0.15) is 4.99 Å². The van der Waals surface area contributed by atoms with Crippen LogP contribution in [-0.4, -0.2) is 29.8 Å². The topological polar surface area (TPSA) is 80.2 Å². The number of nitrogens with zero attached hydrogens (tertiary/aromatic N) is 3. The average Bonchev–Trinajstić information content (AvgIpc) is 2.88. The maximum Gasteiger partial charge on any atom is 0.282 e. The van der Waals surface area contributed by atoms with Crippen LogP contribution in [0.3, 0.4) is 0 Å². The van der Waals surface area contributed by atoms with Gasteiger partial charge in [0, 0.05) is 6.21 Å². The predicted octanol–water partition coefficient (Wildman–Crippen LogP) is 0.904. The van der Waals surface area contributed by atoms with Crippen LogP contribution in [0.15, 0.2) is 57.0 Å². The molecular weight excluding hydrogens is 240 g/mol. The summed E-state index contributed by atoms with van der Waals surface area (Å²) in [7, 11) is 0. The molecule has 0 spiro atoms. The lowest BCUT2D eigenvalue weighted by Crippen LogP contribution is -2.35. The van der Waals surface area contributed by atoms with E-state index in [9.17, 15) is 4.79 Å². The Hall–Kier alpha value is -2.40. The SMILES string of the molecule is NC(Cc1ccccc1)C1=NC(=O)C2=CC=NC2=N1. The summed E-state index contributed by atoms with van der Waals surface area (Å²) in [6, 6.07) is 9.40. The van der Waals surface area contributed by atoms with Gasteiger partial charge < -0.3 is 5.73 Å². The second-order valence-electron chi connectivity index (χ2n) is 4.37. The number of fused-ring (bicyclic) bond motifs is 1. The van der Waals surface area contributed by atoms with E-state index in [-0.39, 0.29) is 5.91 Å². The fraction of sp³-hybridized carbons (Fsp3) is 0.143. The zero-order valence-corrected chi connectivity index (χ0v) is 10.2. The second kappa shape index (κ2) is 4.70. The van der Waals surface area contributed by atoms with Gasteiger partial charge in [0.1, 0.15) is 0 Å². The molecule has 2 aliphatic heterocycles. The Morgan fingerprint density at radius 1 is 1.16 bits per heavy atom. The number of aliphatic imine (C=N–C) groups is 3. The van der Waals surface area contributed by atoms with E-state index in [0.717, 1.165) is 5.56 Å². The highest BCUT2D eigenvalue weighted by Gasteiger charge is 2.26. The van der Waals surface area contributed by atoms with Crippen LogP contribution in [0, 0.1) is 0 Å². The Kier molecular flexibility index (Phi) is 2.89. The lowest BCUT2D eigenvalue weighted by molar-refractivity contribution is -0.113. The molecule has 94 valence electrons. The molecule has 0 radical (unpaired) electrons. The van der Waals surface area contributed by atoms with Gasteiger partial charge in [-0.3, -0.25) is 4.79 Å². The van der Waals surface area contributed by atoms with Crippen LogP contribution in [0.2, 0.25) is 0 Å². The molecule has 0 aromatic heterocycles. The highest BCUT2D eigenvalue weighted by molar-refractivity contribution is 6.33. The van der Waals surface area contributed by atoms with Crippen molar-refractivity contribution in [1.82, 2.24) is 0 Å². The first kappa shape index (κ1) is 11.7. The molecule has 19 heavy (non-hydrogen) atoms. The zero-order valence-electron chi connectivity index (χ0n) is 10.2. The number of carbonyl (C=O) groups is 1. The van der Waals surface area contributed by atoms with Crippen molar-refractivity contribution in [1.29, 1.82) is 0 Å². The standard InChI is InChI=1S/C14H12N4O/c15-11(8-9-4-2-1-3-5-9)13-17-12-10(6-7-16-12)14(19)18-13/h1-7,11H,8,15H2. The highest BCUT2D eigenvalue weighted by Crippen LogP contribution is 2.15. The van der Waals surface area contributed by atoms with Crippen molar-refractivity contribution in [3.8, 4) is 0 Å². The molecule has 0 fully saturated rings. The van der Waals surface area contributed by atoms with Gasteiger partial charge in [-0.1, -0.05) is 30.3 Å². The number of amidine groups is 2. The summed E-state index contributed by atoms with van der Waals surface area (Å²) in [6.45, 7) is 0. The minimum absolute atomic E-state index is 0.319. The van der Waals surface area contributed by atoms with Crippen LogP contribution in [-0.2, 0) is 11.2 Å². The van der Waals surface area contributed by atoms with E-state index in [0.29, 0.717) is 23.7 Å². The first-order valence-electron chi connectivity index (χ1n) is 6.00. The third kappa shape index (κ3) is 2.28. The summed E-state index contributed by atoms with van der Waals surface area (Å²) in [6.07, 6.45) is 3.75. The van der Waals surface area contributed by atoms with Crippen LogP contribution < -0.4 is 5.73 Å². The van der Waals surface area contributed by atoms with Gasteiger partial charge in [0.25, 0.3) is 5.91 Å². The van der Waals surface area contributed by atoms with Crippen LogP contribution in [0.25, 0.3) is 0 Å². The molecule has 0 aliphatic carbocycles. The quantitative estimate of drug-likeness (QED) is 0.867. The lowest BCUT2D eigenvalue weighted by Gasteiger charge is -2.14. The van der Waals surface area contributed by atoms with Crippen molar-refractivity contribution in [2.75, 3.05) is 0 Å². The van der Waals surface area contributed by atoms with Gasteiger partial charge in [-0.15, -0.1) is 0 Å². The minimum Gasteiger partial charge on any atom is -0.321 e. The molecule has 2 N–H and O–H groups in total. The molecular formula is C14H12N4O. The maximum absolute atomic E-state index is 11.8. The number of allylic oxidation sites excluding steroid dienone is 1. The smallest absolute Gasteiger partial charge is 0.282 e. The van der Waals surface area contributed by atoms with Gasteiger partial charge >= 0.3 is 0 Å². The van der Waals surface area contributed by atoms with Crippen molar-refractivity contribution < 1.29 is 4.79 Å². The molecule has 1 atom stereocenters. The third-order valence-corrected chi connectivity index (χ3v) is 2.98. The molecule has 5 heteroatoms. The van der Waals surface area contributed by atoms with Crippen LogP contribution in [0.1, 0.15) is 5.56 Å². The van der Waals surface area contributed by atoms with Crippen LogP contribution >= 0.6 is 0 Å². The number of rotatable bonds is 3. The molecule has 2 aliphatic rings. The monoisotopic (exact) mass is 252 g/mol. The number of carbonyl (C=O) groups excluding carboxylic acids is 1. The van der Waals surface area contributed by atoms with Crippen molar-refractivity contribution in [2.45, 2.75) is 12.5 Å². The van der Waals surface area contributed by atoms with E-state index in [1.54, 1.807) is 12.3 Å². The number of benzene rings is 1. The molecule has 1 aromatic rings. The van der Waals surface area contributed by atoms with E-state index >= 15 is 0 Å². The van der Waals surface area contributed by atoms with E-state index in [1.807, 2.05) is 30.3 Å². The molecule has 1 amide bonds. The largest absolute Gasteiger partial charge is 0.321 e. The Morgan fingerprint density at radius 2 is 1.95 bits per heavy atom. The number of amides is 1. The molecule has 5 nitrogen and oxygen atoms in total. The first-order chi connectivity index (χ1) is 9.24. The summed E-state index contributed by atoms with van der Waals surface area (Å²) in [5, 5.41) is 0. The van der Waals surface area contributed by atoms with Gasteiger partial charge in [-0.05, 0) is 18.1 Å². The van der Waals surface area contributed by atoms with Gasteiger partial charge in [0.05, 0.1) is 11.6 Å². The van der Waals surface area contributed by atoms with E-state index in [2.05, 4.69) is 15.0 Å². The van der Waals surface area contributed by atoms with E-state index in [1.165, 1.54) is 0 Å². The molecule has 3 rings (SSSR count). The van der Waals surface area contributed by atoms with E-state index in [4.69, 9.17) is 5.73 Å². The van der Waals surface area contributed by atoms with Crippen molar-refractivity contribution in [3.63, 3.8) is 0 Å². The molecule has 2 heterocycles. The van der Waals surface area contributed by atoms with Gasteiger partial charge in [0.2, 0.25) is 0 Å². The van der Waals surface area contributed by atoms with Gasteiger partial charge in [0.15, 0.2) is 11.7 Å². The minimum atomic E-state index is -0.406. The number of hydrogen-bond donors (Lipinski definition) is 1. The van der Waals surface area contributed by atoms with Crippen molar-refractivity contribution >= 4 is 23.8 Å². The average molecular weight is 252 g/mol. The Labute approximate surface area is 110 Å². The number of hydrogen-bond acceptors (Lipinski definition) is 4. The third-order valence-electron chi connectivity index (χ3n) is 2.98. The molecule has 1 unspecified atom stereocenters. The fourth-order valence-corrected chi connectivity index (χ4v) is 2.01. The number of nitrogens with two attached hydrogens (primary N) is 1. The highest BCUT2D eigenvalue weighted by atomic mass is 16.1. The summed E-state index contributed by atoms with van der Waals surface area (Å²) >= 11 is 0. The molecule has 0 bridgehead atoms. The summed E-state index contributed by atoms with van der Waals surface area (Å²) in [4.78, 5) is 24.0. The zero-order chi connectivity index (χ0) is 13.2. The maximum atomic E-state index is 11.8. The molecule has 0 saturated heterocycles. The Balaban J connectivity index is 1.81. The second-order valence-corrected chi connectivity index (χ2v) is 4.37. The van der Waals surface area contributed by atoms with E-state index < -0.39 is 6.04 Å². The van der Waals surface area contributed by atoms with Crippen molar-refractivity contribution in [3.05, 3.63) is 47.5 Å². The Bertz CT molecular complexity index is 641. The Morgan fingerprint density at radius 3 is 2.74 bits per heavy atom. The molecule has 1 aromatic carbocycles. The van der Waals surface area contributed by atoms with Crippen LogP contribution in [0.5, 0.6) is 0 Å². The van der Waals surface area contributed by atoms with Gasteiger partial charge in [-0.25, -0.2) is 9.98 Å². The summed E-state index contributed by atoms with van der Waals surface area (Å²) in [5.41, 5.74) is 7.59. The van der Waals surface area contributed by atoms with Crippen molar-refractivity contribution in [2.24, 2.45) is 20.7 Å². The summed E-state index contributed by atoms with van der Waals surface area (Å²) < 4.78 is 0. The fourth-order valence-electron chi connectivity index (χ4n) is 2.01. The lowest BCUT2D eigenvalue weighted by atomic mass is 10.1. The van der Waals surface area contributed by atoms with Crippen LogP contribution in [0.4, 0.5) is 0 Å².